The molecule has 158 valence electrons. The summed E-state index contributed by atoms with van der Waals surface area (Å²) in [6.45, 7) is 8.12. The number of rotatable bonds is 5. The maximum Gasteiger partial charge on any atom is 0.323 e. The van der Waals surface area contributed by atoms with Gasteiger partial charge in [-0.25, -0.2) is 9.78 Å². The van der Waals surface area contributed by atoms with Gasteiger partial charge >= 0.3 is 6.03 Å². The molecule has 31 heavy (non-hydrogen) atoms. The van der Waals surface area contributed by atoms with Gasteiger partial charge in [-0.15, -0.1) is 0 Å². The summed E-state index contributed by atoms with van der Waals surface area (Å²) in [6, 6.07) is 13.4. The molecule has 2 amide bonds. The van der Waals surface area contributed by atoms with Gasteiger partial charge in [0.25, 0.3) is 5.78 Å². The van der Waals surface area contributed by atoms with Crippen LogP contribution in [-0.2, 0) is 6.42 Å². The summed E-state index contributed by atoms with van der Waals surface area (Å²) in [5.74, 6) is 0.596. The monoisotopic (exact) mass is 432 g/mol. The Morgan fingerprint density at radius 3 is 2.35 bits per heavy atom. The standard InChI is InChI=1S/C23H24N6OS/c1-5-20-16(4)26-22-24-13-25-29(22)21(20)31-19-8-6-17(7-9-19)27-23(30)28-18-11-14(2)10-15(3)12-18/h6-13H,5H2,1-4H3,(H2,27,28,30). The maximum absolute atomic E-state index is 12.4. The van der Waals surface area contributed by atoms with Crippen LogP contribution < -0.4 is 10.6 Å². The van der Waals surface area contributed by atoms with E-state index in [2.05, 4.69) is 38.7 Å². The number of nitrogens with zero attached hydrogens (tertiary/aromatic N) is 4. The minimum absolute atomic E-state index is 0.271. The highest BCUT2D eigenvalue weighted by Gasteiger charge is 2.14. The van der Waals surface area contributed by atoms with Gasteiger partial charge in [0.2, 0.25) is 0 Å². The van der Waals surface area contributed by atoms with Gasteiger partial charge in [0, 0.05) is 27.5 Å². The van der Waals surface area contributed by atoms with Crippen molar-refractivity contribution in [2.45, 2.75) is 44.0 Å². The summed E-state index contributed by atoms with van der Waals surface area (Å²) in [6.07, 6.45) is 2.38. The SMILES string of the molecule is CCc1c(C)nc2ncnn2c1Sc1ccc(NC(=O)Nc2cc(C)cc(C)c2)cc1. The van der Waals surface area contributed by atoms with Crippen LogP contribution >= 0.6 is 11.8 Å². The third kappa shape index (κ3) is 4.69. The van der Waals surface area contributed by atoms with Crippen molar-refractivity contribution in [3.05, 3.63) is 71.2 Å². The van der Waals surface area contributed by atoms with Gasteiger partial charge in [0.1, 0.15) is 11.4 Å². The molecule has 0 aliphatic carbocycles. The molecule has 2 N–H and O–H groups in total. The van der Waals surface area contributed by atoms with Crippen molar-refractivity contribution >= 4 is 34.9 Å². The lowest BCUT2D eigenvalue weighted by Gasteiger charge is -2.12. The fourth-order valence-corrected chi connectivity index (χ4v) is 4.65. The number of hydrogen-bond donors (Lipinski definition) is 2. The lowest BCUT2D eigenvalue weighted by Crippen LogP contribution is -2.19. The summed E-state index contributed by atoms with van der Waals surface area (Å²) in [4.78, 5) is 22.1. The predicted octanol–water partition coefficient (Wildman–Crippen LogP) is 5.41. The van der Waals surface area contributed by atoms with E-state index in [1.54, 1.807) is 16.3 Å². The molecule has 0 radical (unpaired) electrons. The maximum atomic E-state index is 12.4. The molecule has 0 aliphatic rings. The zero-order valence-electron chi connectivity index (χ0n) is 17.9. The Labute approximate surface area is 185 Å². The van der Waals surface area contributed by atoms with Gasteiger partial charge in [0.05, 0.1) is 0 Å². The van der Waals surface area contributed by atoms with Crippen LogP contribution in [0.3, 0.4) is 0 Å². The largest absolute Gasteiger partial charge is 0.323 e. The Morgan fingerprint density at radius 2 is 1.68 bits per heavy atom. The van der Waals surface area contributed by atoms with Crippen molar-refractivity contribution < 1.29 is 4.79 Å². The van der Waals surface area contributed by atoms with E-state index in [9.17, 15) is 4.79 Å². The predicted molar refractivity (Wildman–Crippen MR) is 124 cm³/mol. The van der Waals surface area contributed by atoms with Crippen LogP contribution in [0, 0.1) is 20.8 Å². The Balaban J connectivity index is 1.48. The summed E-state index contributed by atoms with van der Waals surface area (Å²) >= 11 is 1.61. The third-order valence-electron chi connectivity index (χ3n) is 4.84. The molecule has 7 nitrogen and oxygen atoms in total. The fraction of sp³-hybridized carbons (Fsp3) is 0.217. The van der Waals surface area contributed by atoms with Crippen LogP contribution in [0.15, 0.2) is 58.7 Å². The molecular formula is C23H24N6OS. The molecular weight excluding hydrogens is 408 g/mol. The number of nitrogens with one attached hydrogen (secondary N) is 2. The van der Waals surface area contributed by atoms with E-state index in [0.717, 1.165) is 50.1 Å². The Hall–Kier alpha value is -3.39. The average Bonchev–Trinajstić information content (AvgIpc) is 3.17. The molecule has 0 unspecified atom stereocenters. The van der Waals surface area contributed by atoms with Crippen molar-refractivity contribution in [2.75, 3.05) is 10.6 Å². The van der Waals surface area contributed by atoms with Gasteiger partial charge in [-0.1, -0.05) is 24.8 Å². The smallest absolute Gasteiger partial charge is 0.308 e. The van der Waals surface area contributed by atoms with E-state index < -0.39 is 0 Å². The number of hydrogen-bond acceptors (Lipinski definition) is 5. The van der Waals surface area contributed by atoms with Gasteiger partial charge in [0.15, 0.2) is 0 Å². The van der Waals surface area contributed by atoms with Crippen LogP contribution in [0.25, 0.3) is 5.78 Å². The Kier molecular flexibility index (Phi) is 5.90. The van der Waals surface area contributed by atoms with E-state index in [-0.39, 0.29) is 6.03 Å². The molecule has 2 heterocycles. The number of amides is 2. The van der Waals surface area contributed by atoms with Gasteiger partial charge in [-0.3, -0.25) is 0 Å². The molecule has 0 atom stereocenters. The number of fused-ring (bicyclic) bond motifs is 1. The van der Waals surface area contributed by atoms with Crippen molar-refractivity contribution in [3.63, 3.8) is 0 Å². The summed E-state index contributed by atoms with van der Waals surface area (Å²) in [5.41, 5.74) is 5.83. The normalized spacial score (nSPS) is 11.0. The summed E-state index contributed by atoms with van der Waals surface area (Å²) in [7, 11) is 0. The lowest BCUT2D eigenvalue weighted by molar-refractivity contribution is 0.262. The van der Waals surface area contributed by atoms with Crippen LogP contribution in [0.4, 0.5) is 16.2 Å². The van der Waals surface area contributed by atoms with Crippen LogP contribution in [0.2, 0.25) is 0 Å². The van der Waals surface area contributed by atoms with Gasteiger partial charge < -0.3 is 10.6 Å². The first-order valence-corrected chi connectivity index (χ1v) is 10.9. The van der Waals surface area contributed by atoms with Crippen molar-refractivity contribution in [2.24, 2.45) is 0 Å². The minimum atomic E-state index is -0.271. The second-order valence-corrected chi connectivity index (χ2v) is 8.45. The van der Waals surface area contributed by atoms with Crippen molar-refractivity contribution in [3.8, 4) is 0 Å². The minimum Gasteiger partial charge on any atom is -0.308 e. The van der Waals surface area contributed by atoms with Gasteiger partial charge in [-0.2, -0.15) is 14.6 Å². The van der Waals surface area contributed by atoms with E-state index in [1.807, 2.05) is 57.2 Å². The molecule has 4 rings (SSSR count). The van der Waals surface area contributed by atoms with Crippen LogP contribution in [0.1, 0.15) is 29.3 Å². The first-order chi connectivity index (χ1) is 14.9. The first kappa shape index (κ1) is 20.9. The number of urea groups is 1. The molecule has 2 aromatic carbocycles. The molecule has 8 heteroatoms. The van der Waals surface area contributed by atoms with E-state index in [0.29, 0.717) is 5.78 Å². The molecule has 0 aliphatic heterocycles. The molecule has 0 saturated carbocycles. The first-order valence-electron chi connectivity index (χ1n) is 10.1. The Bertz CT molecular complexity index is 1230. The zero-order valence-corrected chi connectivity index (χ0v) is 18.7. The van der Waals surface area contributed by atoms with Crippen LogP contribution in [0.5, 0.6) is 0 Å². The summed E-state index contributed by atoms with van der Waals surface area (Å²) in [5, 5.41) is 11.1. The third-order valence-corrected chi connectivity index (χ3v) is 5.97. The topological polar surface area (TPSA) is 84.2 Å². The number of carbonyl (C=O) groups is 1. The second kappa shape index (κ2) is 8.77. The number of aromatic nitrogens is 4. The zero-order chi connectivity index (χ0) is 22.0. The number of aryl methyl sites for hydroxylation is 3. The molecule has 0 bridgehead atoms. The number of carbonyl (C=O) groups excluding carboxylic acids is 1. The number of benzene rings is 2. The van der Waals surface area contributed by atoms with E-state index in [1.165, 1.54) is 6.33 Å². The molecule has 0 saturated heterocycles. The number of anilines is 2. The molecule has 0 fully saturated rings. The fourth-order valence-electron chi connectivity index (χ4n) is 3.53. The highest BCUT2D eigenvalue weighted by Crippen LogP contribution is 2.32. The Morgan fingerprint density at radius 1 is 1.00 bits per heavy atom. The van der Waals surface area contributed by atoms with E-state index >= 15 is 0 Å². The highest BCUT2D eigenvalue weighted by molar-refractivity contribution is 7.99. The summed E-state index contributed by atoms with van der Waals surface area (Å²) < 4.78 is 1.78. The van der Waals surface area contributed by atoms with E-state index in [4.69, 9.17) is 0 Å². The highest BCUT2D eigenvalue weighted by atomic mass is 32.2. The van der Waals surface area contributed by atoms with Crippen molar-refractivity contribution in [1.29, 1.82) is 0 Å². The quantitative estimate of drug-likeness (QED) is 0.412. The lowest BCUT2D eigenvalue weighted by atomic mass is 10.1. The average molecular weight is 433 g/mol. The van der Waals surface area contributed by atoms with Gasteiger partial charge in [-0.05, 0) is 74.7 Å². The molecule has 0 spiro atoms. The second-order valence-electron chi connectivity index (χ2n) is 7.39. The van der Waals surface area contributed by atoms with Crippen molar-refractivity contribution in [1.82, 2.24) is 19.6 Å². The molecule has 4 aromatic rings. The van der Waals surface area contributed by atoms with Crippen LogP contribution in [-0.4, -0.2) is 25.6 Å². The molecule has 2 aromatic heterocycles.